The molecular weight excluding hydrogens is 232 g/mol. The van der Waals surface area contributed by atoms with Gasteiger partial charge in [0, 0.05) is 6.54 Å². The number of rotatable bonds is 1. The normalized spacial score (nSPS) is 11.0. The van der Waals surface area contributed by atoms with Crippen LogP contribution in [-0.2, 0) is 6.54 Å². The van der Waals surface area contributed by atoms with Crippen molar-refractivity contribution in [1.82, 2.24) is 5.16 Å². The van der Waals surface area contributed by atoms with Crippen LogP contribution in [0.25, 0.3) is 11.0 Å². The Morgan fingerprint density at radius 2 is 2.31 bits per heavy atom. The summed E-state index contributed by atoms with van der Waals surface area (Å²) in [6, 6.07) is 3.91. The van der Waals surface area contributed by atoms with Crippen molar-refractivity contribution in [2.75, 3.05) is 0 Å². The molecule has 0 aliphatic heterocycles. The molecule has 2 rings (SSSR count). The first-order valence-corrected chi connectivity index (χ1v) is 4.76. The fourth-order valence-corrected chi connectivity index (χ4v) is 1.82. The van der Waals surface area contributed by atoms with Crippen LogP contribution in [0.15, 0.2) is 21.1 Å². The summed E-state index contributed by atoms with van der Waals surface area (Å²) in [5.41, 5.74) is 8.34. The third-order valence-electron chi connectivity index (χ3n) is 2.05. The number of aryl methyl sites for hydroxylation is 1. The van der Waals surface area contributed by atoms with Gasteiger partial charge in [0.05, 0.1) is 15.6 Å². The van der Waals surface area contributed by atoms with Crippen LogP contribution in [0.4, 0.5) is 0 Å². The average molecular weight is 241 g/mol. The third kappa shape index (κ3) is 1.26. The highest BCUT2D eigenvalue weighted by molar-refractivity contribution is 9.10. The lowest BCUT2D eigenvalue weighted by molar-refractivity contribution is 0.449. The molecule has 0 radical (unpaired) electrons. The molecule has 0 fully saturated rings. The fraction of sp³-hybridized carbons (Fsp3) is 0.222. The van der Waals surface area contributed by atoms with Gasteiger partial charge in [-0.25, -0.2) is 0 Å². The molecule has 0 unspecified atom stereocenters. The van der Waals surface area contributed by atoms with Crippen molar-refractivity contribution in [3.05, 3.63) is 27.9 Å². The predicted octanol–water partition coefficient (Wildman–Crippen LogP) is 2.36. The lowest BCUT2D eigenvalue weighted by Gasteiger charge is -1.99. The molecule has 3 nitrogen and oxygen atoms in total. The van der Waals surface area contributed by atoms with Gasteiger partial charge >= 0.3 is 0 Å². The molecule has 0 saturated carbocycles. The number of aromatic nitrogens is 1. The number of halogens is 1. The standard InChI is InChI=1S/C9H9BrN2O/c1-5-8-6(4-11)2-3-7(10)9(8)13-12-5/h2-3H,4,11H2,1H3. The van der Waals surface area contributed by atoms with E-state index in [-0.39, 0.29) is 0 Å². The molecule has 0 saturated heterocycles. The average Bonchev–Trinajstić information content (AvgIpc) is 2.51. The van der Waals surface area contributed by atoms with Crippen molar-refractivity contribution in [2.24, 2.45) is 5.73 Å². The molecule has 2 N–H and O–H groups in total. The van der Waals surface area contributed by atoms with Crippen LogP contribution in [-0.4, -0.2) is 5.16 Å². The molecule has 0 aliphatic carbocycles. The molecule has 2 aromatic rings. The minimum absolute atomic E-state index is 0.506. The van der Waals surface area contributed by atoms with Crippen LogP contribution < -0.4 is 5.73 Å². The molecule has 0 aliphatic rings. The molecule has 13 heavy (non-hydrogen) atoms. The van der Waals surface area contributed by atoms with E-state index in [1.54, 1.807) is 0 Å². The quantitative estimate of drug-likeness (QED) is 0.833. The van der Waals surface area contributed by atoms with E-state index in [1.165, 1.54) is 0 Å². The van der Waals surface area contributed by atoms with Gasteiger partial charge in [-0.15, -0.1) is 0 Å². The molecule has 68 valence electrons. The van der Waals surface area contributed by atoms with E-state index in [0.717, 1.165) is 26.7 Å². The summed E-state index contributed by atoms with van der Waals surface area (Å²) in [6.07, 6.45) is 0. The summed E-state index contributed by atoms with van der Waals surface area (Å²) < 4.78 is 6.09. The second kappa shape index (κ2) is 3.12. The lowest BCUT2D eigenvalue weighted by Crippen LogP contribution is -1.97. The number of nitrogens with zero attached hydrogens (tertiary/aromatic N) is 1. The summed E-state index contributed by atoms with van der Waals surface area (Å²) in [6.45, 7) is 2.42. The SMILES string of the molecule is Cc1noc2c(Br)ccc(CN)c12. The van der Waals surface area contributed by atoms with Crippen molar-refractivity contribution in [2.45, 2.75) is 13.5 Å². The number of fused-ring (bicyclic) bond motifs is 1. The van der Waals surface area contributed by atoms with Gasteiger partial charge in [-0.05, 0) is 34.5 Å². The van der Waals surface area contributed by atoms with Gasteiger partial charge in [0.2, 0.25) is 0 Å². The summed E-state index contributed by atoms with van der Waals surface area (Å²) in [5.74, 6) is 0. The van der Waals surface area contributed by atoms with Gasteiger partial charge < -0.3 is 10.3 Å². The van der Waals surface area contributed by atoms with E-state index in [4.69, 9.17) is 10.3 Å². The second-order valence-corrected chi connectivity index (χ2v) is 3.74. The Morgan fingerprint density at radius 3 is 3.00 bits per heavy atom. The van der Waals surface area contributed by atoms with Crippen molar-refractivity contribution >= 4 is 26.9 Å². The Hall–Kier alpha value is -0.870. The molecule has 0 atom stereocenters. The Kier molecular flexibility index (Phi) is 2.09. The number of nitrogens with two attached hydrogens (primary N) is 1. The zero-order valence-corrected chi connectivity index (χ0v) is 8.76. The van der Waals surface area contributed by atoms with E-state index >= 15 is 0 Å². The summed E-state index contributed by atoms with van der Waals surface area (Å²) in [4.78, 5) is 0. The van der Waals surface area contributed by atoms with Crippen LogP contribution >= 0.6 is 15.9 Å². The predicted molar refractivity (Wildman–Crippen MR) is 54.3 cm³/mol. The van der Waals surface area contributed by atoms with Gasteiger partial charge in [0.1, 0.15) is 0 Å². The molecule has 0 amide bonds. The summed E-state index contributed by atoms with van der Waals surface area (Å²) in [5, 5.41) is 4.93. The van der Waals surface area contributed by atoms with E-state index < -0.39 is 0 Å². The zero-order valence-electron chi connectivity index (χ0n) is 7.17. The first-order valence-electron chi connectivity index (χ1n) is 3.97. The topological polar surface area (TPSA) is 52.0 Å². The Bertz CT molecular complexity index is 450. The molecule has 1 aromatic carbocycles. The lowest BCUT2D eigenvalue weighted by atomic mass is 10.1. The van der Waals surface area contributed by atoms with Gasteiger partial charge in [-0.3, -0.25) is 0 Å². The van der Waals surface area contributed by atoms with E-state index in [0.29, 0.717) is 6.54 Å². The second-order valence-electron chi connectivity index (χ2n) is 2.88. The molecule has 0 spiro atoms. The highest BCUT2D eigenvalue weighted by atomic mass is 79.9. The first kappa shape index (κ1) is 8.72. The third-order valence-corrected chi connectivity index (χ3v) is 2.68. The number of benzene rings is 1. The minimum atomic E-state index is 0.506. The molecule has 0 bridgehead atoms. The van der Waals surface area contributed by atoms with Crippen LogP contribution in [0, 0.1) is 6.92 Å². The molecule has 4 heteroatoms. The van der Waals surface area contributed by atoms with E-state index in [2.05, 4.69) is 21.1 Å². The summed E-state index contributed by atoms with van der Waals surface area (Å²) in [7, 11) is 0. The molecule has 1 aromatic heterocycles. The first-order chi connectivity index (χ1) is 6.24. The number of hydrogen-bond acceptors (Lipinski definition) is 3. The Morgan fingerprint density at radius 1 is 1.54 bits per heavy atom. The van der Waals surface area contributed by atoms with Crippen LogP contribution in [0.2, 0.25) is 0 Å². The largest absolute Gasteiger partial charge is 0.355 e. The van der Waals surface area contributed by atoms with Crippen molar-refractivity contribution in [1.29, 1.82) is 0 Å². The Labute approximate surface area is 84.0 Å². The summed E-state index contributed by atoms with van der Waals surface area (Å²) >= 11 is 3.40. The number of hydrogen-bond donors (Lipinski definition) is 1. The maximum Gasteiger partial charge on any atom is 0.181 e. The minimum Gasteiger partial charge on any atom is -0.355 e. The van der Waals surface area contributed by atoms with Gasteiger partial charge in [-0.1, -0.05) is 11.2 Å². The van der Waals surface area contributed by atoms with Crippen LogP contribution in [0.1, 0.15) is 11.3 Å². The van der Waals surface area contributed by atoms with E-state index in [1.807, 2.05) is 19.1 Å². The molecular formula is C9H9BrN2O. The van der Waals surface area contributed by atoms with Gasteiger partial charge in [0.25, 0.3) is 0 Å². The smallest absolute Gasteiger partial charge is 0.181 e. The van der Waals surface area contributed by atoms with E-state index in [9.17, 15) is 0 Å². The van der Waals surface area contributed by atoms with Crippen molar-refractivity contribution in [3.63, 3.8) is 0 Å². The fourth-order valence-electron chi connectivity index (χ4n) is 1.41. The maximum atomic E-state index is 5.61. The highest BCUT2D eigenvalue weighted by Gasteiger charge is 2.10. The zero-order chi connectivity index (χ0) is 9.42. The van der Waals surface area contributed by atoms with Crippen LogP contribution in [0.3, 0.4) is 0 Å². The molecule has 1 heterocycles. The Balaban J connectivity index is 2.88. The monoisotopic (exact) mass is 240 g/mol. The highest BCUT2D eigenvalue weighted by Crippen LogP contribution is 2.28. The van der Waals surface area contributed by atoms with Crippen molar-refractivity contribution in [3.8, 4) is 0 Å². The maximum absolute atomic E-state index is 5.61. The van der Waals surface area contributed by atoms with Crippen molar-refractivity contribution < 1.29 is 4.52 Å². The van der Waals surface area contributed by atoms with Gasteiger partial charge in [-0.2, -0.15) is 0 Å². The van der Waals surface area contributed by atoms with Crippen LogP contribution in [0.5, 0.6) is 0 Å². The van der Waals surface area contributed by atoms with Gasteiger partial charge in [0.15, 0.2) is 5.58 Å².